The van der Waals surface area contributed by atoms with E-state index in [1.165, 1.54) is 18.5 Å². The minimum atomic E-state index is -1.06. The van der Waals surface area contributed by atoms with Crippen molar-refractivity contribution in [2.75, 3.05) is 18.2 Å². The van der Waals surface area contributed by atoms with Crippen molar-refractivity contribution in [1.29, 1.82) is 0 Å². The van der Waals surface area contributed by atoms with Gasteiger partial charge < -0.3 is 10.1 Å². The van der Waals surface area contributed by atoms with E-state index >= 15 is 0 Å². The van der Waals surface area contributed by atoms with Crippen LogP contribution < -0.4 is 15.6 Å². The van der Waals surface area contributed by atoms with Crippen LogP contribution in [0.4, 0.5) is 14.5 Å². The summed E-state index contributed by atoms with van der Waals surface area (Å²) in [5.41, 5.74) is 0.221. The molecule has 0 radical (unpaired) electrons. The van der Waals surface area contributed by atoms with Crippen LogP contribution in [0.15, 0.2) is 64.7 Å². The molecule has 6 nitrogen and oxygen atoms in total. The molecule has 28 heavy (non-hydrogen) atoms. The number of methoxy groups -OCH3 is 1. The second-order valence-corrected chi connectivity index (χ2v) is 6.54. The monoisotopic (exact) mass is 403 g/mol. The number of nitrogens with one attached hydrogen (secondary N) is 1. The number of rotatable bonds is 6. The van der Waals surface area contributed by atoms with Crippen LogP contribution in [0.2, 0.25) is 0 Å². The summed E-state index contributed by atoms with van der Waals surface area (Å²) < 4.78 is 32.7. The lowest BCUT2D eigenvalue weighted by Gasteiger charge is -2.08. The molecule has 0 fully saturated rings. The van der Waals surface area contributed by atoms with Crippen LogP contribution in [-0.4, -0.2) is 28.3 Å². The van der Waals surface area contributed by atoms with Gasteiger partial charge in [-0.3, -0.25) is 14.2 Å². The zero-order valence-corrected chi connectivity index (χ0v) is 15.5. The Morgan fingerprint density at radius 3 is 2.61 bits per heavy atom. The number of halogens is 2. The highest BCUT2D eigenvalue weighted by atomic mass is 32.2. The first kappa shape index (κ1) is 19.6. The lowest BCUT2D eigenvalue weighted by molar-refractivity contribution is -0.113. The van der Waals surface area contributed by atoms with Crippen LogP contribution in [0.1, 0.15) is 0 Å². The van der Waals surface area contributed by atoms with Crippen molar-refractivity contribution in [2.45, 2.75) is 5.03 Å². The third kappa shape index (κ3) is 4.55. The quantitative estimate of drug-likeness (QED) is 0.640. The zero-order valence-electron chi connectivity index (χ0n) is 14.7. The van der Waals surface area contributed by atoms with Gasteiger partial charge in [0, 0.05) is 24.1 Å². The Kier molecular flexibility index (Phi) is 6.05. The average molecular weight is 403 g/mol. The van der Waals surface area contributed by atoms with Crippen molar-refractivity contribution in [2.24, 2.45) is 0 Å². The highest BCUT2D eigenvalue weighted by molar-refractivity contribution is 7.99. The molecule has 0 aliphatic carbocycles. The molecule has 2 aromatic carbocycles. The molecule has 0 saturated carbocycles. The Bertz CT molecular complexity index is 1060. The highest BCUT2D eigenvalue weighted by Gasteiger charge is 2.12. The largest absolute Gasteiger partial charge is 0.497 e. The van der Waals surface area contributed by atoms with E-state index in [0.717, 1.165) is 28.5 Å². The zero-order chi connectivity index (χ0) is 20.1. The summed E-state index contributed by atoms with van der Waals surface area (Å²) in [5, 5.41) is 2.77. The smallest absolute Gasteiger partial charge is 0.287 e. The Hall–Kier alpha value is -3.20. The second kappa shape index (κ2) is 8.66. The first-order valence-corrected chi connectivity index (χ1v) is 9.06. The van der Waals surface area contributed by atoms with Crippen molar-refractivity contribution in [1.82, 2.24) is 9.55 Å². The molecule has 0 aliphatic heterocycles. The molecule has 3 aromatic rings. The van der Waals surface area contributed by atoms with Crippen LogP contribution in [0.25, 0.3) is 5.69 Å². The van der Waals surface area contributed by atoms with Crippen molar-refractivity contribution < 1.29 is 18.3 Å². The van der Waals surface area contributed by atoms with E-state index in [-0.39, 0.29) is 22.4 Å². The van der Waals surface area contributed by atoms with E-state index in [0.29, 0.717) is 11.4 Å². The molecule has 1 heterocycles. The van der Waals surface area contributed by atoms with Gasteiger partial charge in [0.1, 0.15) is 5.75 Å². The SMILES string of the molecule is COc1ccc(NC(=O)CSc2nccn(-c3ccc(F)c(F)c3)c2=O)cc1. The van der Waals surface area contributed by atoms with E-state index < -0.39 is 17.2 Å². The fourth-order valence-electron chi connectivity index (χ4n) is 2.34. The van der Waals surface area contributed by atoms with Crippen LogP contribution in [0.5, 0.6) is 5.75 Å². The Labute approximate surface area is 163 Å². The number of hydrogen-bond donors (Lipinski definition) is 1. The van der Waals surface area contributed by atoms with E-state index in [1.807, 2.05) is 0 Å². The topological polar surface area (TPSA) is 73.2 Å². The van der Waals surface area contributed by atoms with E-state index in [9.17, 15) is 18.4 Å². The Balaban J connectivity index is 1.69. The number of ether oxygens (including phenoxy) is 1. The van der Waals surface area contributed by atoms with Crippen LogP contribution in [-0.2, 0) is 4.79 Å². The van der Waals surface area contributed by atoms with Gasteiger partial charge in [-0.15, -0.1) is 0 Å². The number of nitrogens with zero attached hydrogens (tertiary/aromatic N) is 2. The maximum absolute atomic E-state index is 13.4. The molecular formula is C19H15F2N3O3S. The van der Waals surface area contributed by atoms with Gasteiger partial charge in [-0.25, -0.2) is 13.8 Å². The van der Waals surface area contributed by atoms with E-state index in [2.05, 4.69) is 10.3 Å². The fraction of sp³-hybridized carbons (Fsp3) is 0.105. The summed E-state index contributed by atoms with van der Waals surface area (Å²) in [5.74, 6) is -1.76. The number of amides is 1. The molecule has 1 amide bonds. The molecule has 0 aliphatic rings. The standard InChI is InChI=1S/C19H15F2N3O3S/c1-27-14-5-2-12(3-6-14)23-17(25)11-28-18-19(26)24(9-8-22-18)13-4-7-15(20)16(21)10-13/h2-10H,11H2,1H3,(H,23,25). The van der Waals surface area contributed by atoms with Gasteiger partial charge in [0.2, 0.25) is 5.91 Å². The number of carbonyl (C=O) groups excluding carboxylic acids is 1. The van der Waals surface area contributed by atoms with Crippen molar-refractivity contribution in [3.05, 3.63) is 76.8 Å². The number of thioether (sulfide) groups is 1. The molecule has 0 bridgehead atoms. The minimum Gasteiger partial charge on any atom is -0.497 e. The van der Waals surface area contributed by atoms with Crippen LogP contribution in [0.3, 0.4) is 0 Å². The predicted octanol–water partition coefficient (Wildman–Crippen LogP) is 3.25. The number of carbonyl (C=O) groups is 1. The highest BCUT2D eigenvalue weighted by Crippen LogP contribution is 2.17. The summed E-state index contributed by atoms with van der Waals surface area (Å²) >= 11 is 0.949. The summed E-state index contributed by atoms with van der Waals surface area (Å²) in [6, 6.07) is 9.94. The maximum Gasteiger partial charge on any atom is 0.287 e. The fourth-order valence-corrected chi connectivity index (χ4v) is 3.03. The second-order valence-electron chi connectivity index (χ2n) is 5.57. The summed E-state index contributed by atoms with van der Waals surface area (Å²) in [7, 11) is 1.55. The molecular weight excluding hydrogens is 388 g/mol. The molecule has 0 saturated heterocycles. The van der Waals surface area contributed by atoms with Gasteiger partial charge in [0.05, 0.1) is 18.6 Å². The van der Waals surface area contributed by atoms with Crippen LogP contribution >= 0.6 is 11.8 Å². The van der Waals surface area contributed by atoms with Gasteiger partial charge in [0.15, 0.2) is 16.7 Å². The third-order valence-electron chi connectivity index (χ3n) is 3.70. The summed E-state index contributed by atoms with van der Waals surface area (Å²) in [4.78, 5) is 28.6. The first-order valence-electron chi connectivity index (χ1n) is 8.07. The van der Waals surface area contributed by atoms with Gasteiger partial charge in [-0.05, 0) is 36.4 Å². The Morgan fingerprint density at radius 2 is 1.93 bits per heavy atom. The molecule has 1 N–H and O–H groups in total. The van der Waals surface area contributed by atoms with Crippen molar-refractivity contribution in [3.8, 4) is 11.4 Å². The molecule has 0 spiro atoms. The molecule has 3 rings (SSSR count). The number of hydrogen-bond acceptors (Lipinski definition) is 5. The normalized spacial score (nSPS) is 10.5. The lowest BCUT2D eigenvalue weighted by Crippen LogP contribution is -2.22. The van der Waals surface area contributed by atoms with Gasteiger partial charge in [0.25, 0.3) is 5.56 Å². The van der Waals surface area contributed by atoms with Gasteiger partial charge >= 0.3 is 0 Å². The van der Waals surface area contributed by atoms with E-state index in [1.54, 1.807) is 31.4 Å². The van der Waals surface area contributed by atoms with E-state index in [4.69, 9.17) is 4.74 Å². The first-order chi connectivity index (χ1) is 13.5. The maximum atomic E-state index is 13.4. The minimum absolute atomic E-state index is 0.0456. The molecule has 144 valence electrons. The van der Waals surface area contributed by atoms with Gasteiger partial charge in [-0.2, -0.15) is 0 Å². The van der Waals surface area contributed by atoms with Crippen molar-refractivity contribution >= 4 is 23.4 Å². The predicted molar refractivity (Wildman–Crippen MR) is 102 cm³/mol. The molecule has 9 heteroatoms. The molecule has 0 unspecified atom stereocenters. The van der Waals surface area contributed by atoms with Gasteiger partial charge in [-0.1, -0.05) is 11.8 Å². The average Bonchev–Trinajstić information content (AvgIpc) is 2.70. The summed E-state index contributed by atoms with van der Waals surface area (Å²) in [6.45, 7) is 0. The van der Waals surface area contributed by atoms with Crippen molar-refractivity contribution in [3.63, 3.8) is 0 Å². The van der Waals surface area contributed by atoms with Crippen LogP contribution in [0, 0.1) is 11.6 Å². The third-order valence-corrected chi connectivity index (χ3v) is 4.66. The lowest BCUT2D eigenvalue weighted by atomic mass is 10.3. The number of benzene rings is 2. The molecule has 0 atom stereocenters. The number of anilines is 1. The molecule has 1 aromatic heterocycles. The number of aromatic nitrogens is 2. The Morgan fingerprint density at radius 1 is 1.18 bits per heavy atom. The summed E-state index contributed by atoms with van der Waals surface area (Å²) in [6.07, 6.45) is 2.70.